The third-order valence-electron chi connectivity index (χ3n) is 2.81. The van der Waals surface area contributed by atoms with Crippen LogP contribution in [0, 0.1) is 17.8 Å². The first kappa shape index (κ1) is 5.52. The SMILES string of the molecule is CC1CC2C=CCC2C1. The lowest BCUT2D eigenvalue weighted by molar-refractivity contribution is 0.491. The molecule has 2 aliphatic rings. The normalized spacial score (nSPS) is 47.9. The van der Waals surface area contributed by atoms with E-state index in [1.165, 1.54) is 19.3 Å². The lowest BCUT2D eigenvalue weighted by Crippen LogP contribution is -1.96. The third-order valence-corrected chi connectivity index (χ3v) is 2.81. The lowest BCUT2D eigenvalue weighted by Gasteiger charge is -2.04. The fourth-order valence-electron chi connectivity index (χ4n) is 2.38. The maximum Gasteiger partial charge on any atom is -0.0200 e. The van der Waals surface area contributed by atoms with Crippen LogP contribution >= 0.6 is 0 Å². The highest BCUT2D eigenvalue weighted by Gasteiger charge is 2.31. The van der Waals surface area contributed by atoms with Crippen molar-refractivity contribution in [3.05, 3.63) is 12.2 Å². The van der Waals surface area contributed by atoms with Gasteiger partial charge in [-0.3, -0.25) is 0 Å². The Kier molecular flexibility index (Phi) is 1.14. The van der Waals surface area contributed by atoms with Crippen LogP contribution in [0.1, 0.15) is 26.2 Å². The highest BCUT2D eigenvalue weighted by Crippen LogP contribution is 2.42. The molecule has 1 fully saturated rings. The average Bonchev–Trinajstić information content (AvgIpc) is 2.22. The molecule has 2 aliphatic carbocycles. The van der Waals surface area contributed by atoms with Gasteiger partial charge in [0.05, 0.1) is 0 Å². The van der Waals surface area contributed by atoms with Gasteiger partial charge in [0.1, 0.15) is 0 Å². The number of hydrogen-bond donors (Lipinski definition) is 0. The van der Waals surface area contributed by atoms with Crippen molar-refractivity contribution in [1.29, 1.82) is 0 Å². The minimum atomic E-state index is 0.972. The molecule has 0 aromatic rings. The molecule has 9 heavy (non-hydrogen) atoms. The Morgan fingerprint density at radius 2 is 2.22 bits per heavy atom. The van der Waals surface area contributed by atoms with E-state index in [1.54, 1.807) is 0 Å². The van der Waals surface area contributed by atoms with Gasteiger partial charge in [0.2, 0.25) is 0 Å². The van der Waals surface area contributed by atoms with E-state index in [2.05, 4.69) is 19.1 Å². The van der Waals surface area contributed by atoms with Gasteiger partial charge in [-0.15, -0.1) is 0 Å². The molecule has 0 spiro atoms. The number of fused-ring (bicyclic) bond motifs is 1. The second kappa shape index (κ2) is 1.86. The number of hydrogen-bond acceptors (Lipinski definition) is 0. The zero-order valence-corrected chi connectivity index (χ0v) is 6.01. The first-order valence-electron chi connectivity index (χ1n) is 4.03. The Morgan fingerprint density at radius 3 is 3.00 bits per heavy atom. The van der Waals surface area contributed by atoms with E-state index in [0.29, 0.717) is 0 Å². The van der Waals surface area contributed by atoms with E-state index in [0.717, 1.165) is 17.8 Å². The maximum atomic E-state index is 2.42. The summed E-state index contributed by atoms with van der Waals surface area (Å²) in [6, 6.07) is 0. The van der Waals surface area contributed by atoms with Gasteiger partial charge in [0.25, 0.3) is 0 Å². The second-order valence-corrected chi connectivity index (χ2v) is 3.66. The van der Waals surface area contributed by atoms with Crippen LogP contribution in [-0.2, 0) is 0 Å². The summed E-state index contributed by atoms with van der Waals surface area (Å²) in [6.45, 7) is 2.38. The van der Waals surface area contributed by atoms with Crippen molar-refractivity contribution in [3.8, 4) is 0 Å². The molecule has 0 heterocycles. The van der Waals surface area contributed by atoms with E-state index in [1.807, 2.05) is 0 Å². The molecule has 0 heteroatoms. The Balaban J connectivity index is 2.08. The Hall–Kier alpha value is -0.260. The molecular weight excluding hydrogens is 108 g/mol. The molecule has 0 radical (unpaired) electrons. The summed E-state index contributed by atoms with van der Waals surface area (Å²) in [7, 11) is 0. The number of allylic oxidation sites excluding steroid dienone is 2. The summed E-state index contributed by atoms with van der Waals surface area (Å²) in [5, 5.41) is 0. The maximum absolute atomic E-state index is 2.42. The summed E-state index contributed by atoms with van der Waals surface area (Å²) in [5.74, 6) is 3.02. The van der Waals surface area contributed by atoms with Gasteiger partial charge in [0.15, 0.2) is 0 Å². The van der Waals surface area contributed by atoms with Crippen LogP contribution in [0.15, 0.2) is 12.2 Å². The van der Waals surface area contributed by atoms with Gasteiger partial charge < -0.3 is 0 Å². The predicted molar refractivity (Wildman–Crippen MR) is 39.1 cm³/mol. The van der Waals surface area contributed by atoms with Crippen LogP contribution in [0.4, 0.5) is 0 Å². The average molecular weight is 122 g/mol. The van der Waals surface area contributed by atoms with Crippen LogP contribution in [-0.4, -0.2) is 0 Å². The second-order valence-electron chi connectivity index (χ2n) is 3.66. The van der Waals surface area contributed by atoms with Gasteiger partial charge in [-0.05, 0) is 37.0 Å². The fraction of sp³-hybridized carbons (Fsp3) is 0.778. The molecule has 0 N–H and O–H groups in total. The number of rotatable bonds is 0. The van der Waals surface area contributed by atoms with Crippen molar-refractivity contribution in [3.63, 3.8) is 0 Å². The summed E-state index contributed by atoms with van der Waals surface area (Å²) in [4.78, 5) is 0. The van der Waals surface area contributed by atoms with Crippen molar-refractivity contribution >= 4 is 0 Å². The van der Waals surface area contributed by atoms with Crippen molar-refractivity contribution in [1.82, 2.24) is 0 Å². The standard InChI is InChI=1S/C9H14/c1-7-5-8-3-2-4-9(8)6-7/h2-3,7-9H,4-6H2,1H3. The Bertz CT molecular complexity index is 135. The minimum Gasteiger partial charge on any atom is -0.0880 e. The molecule has 0 amide bonds. The van der Waals surface area contributed by atoms with E-state index in [4.69, 9.17) is 0 Å². The molecule has 3 unspecified atom stereocenters. The smallest absolute Gasteiger partial charge is 0.0200 e. The molecule has 0 nitrogen and oxygen atoms in total. The van der Waals surface area contributed by atoms with E-state index in [9.17, 15) is 0 Å². The highest BCUT2D eigenvalue weighted by molar-refractivity contribution is 5.04. The molecule has 0 bridgehead atoms. The zero-order valence-electron chi connectivity index (χ0n) is 6.01. The van der Waals surface area contributed by atoms with E-state index >= 15 is 0 Å². The van der Waals surface area contributed by atoms with Crippen LogP contribution in [0.25, 0.3) is 0 Å². The van der Waals surface area contributed by atoms with Crippen LogP contribution in [0.5, 0.6) is 0 Å². The van der Waals surface area contributed by atoms with Gasteiger partial charge in [-0.25, -0.2) is 0 Å². The topological polar surface area (TPSA) is 0 Å². The molecular formula is C9H14. The van der Waals surface area contributed by atoms with Gasteiger partial charge in [0, 0.05) is 0 Å². The summed E-state index contributed by atoms with van der Waals surface area (Å²) in [6.07, 6.45) is 9.10. The van der Waals surface area contributed by atoms with E-state index < -0.39 is 0 Å². The lowest BCUT2D eigenvalue weighted by atomic mass is 10.0. The molecule has 2 rings (SSSR count). The Labute approximate surface area is 57.0 Å². The summed E-state index contributed by atoms with van der Waals surface area (Å²) >= 11 is 0. The molecule has 3 atom stereocenters. The quantitative estimate of drug-likeness (QED) is 0.433. The molecule has 0 saturated heterocycles. The van der Waals surface area contributed by atoms with Gasteiger partial charge in [-0.1, -0.05) is 19.1 Å². The largest absolute Gasteiger partial charge is 0.0880 e. The molecule has 50 valence electrons. The molecule has 0 aliphatic heterocycles. The van der Waals surface area contributed by atoms with Gasteiger partial charge >= 0.3 is 0 Å². The third kappa shape index (κ3) is 0.810. The minimum absolute atomic E-state index is 0.972. The zero-order chi connectivity index (χ0) is 6.27. The van der Waals surface area contributed by atoms with Crippen LogP contribution in [0.3, 0.4) is 0 Å². The molecule has 1 saturated carbocycles. The predicted octanol–water partition coefficient (Wildman–Crippen LogP) is 2.61. The van der Waals surface area contributed by atoms with Crippen molar-refractivity contribution in [2.75, 3.05) is 0 Å². The summed E-state index contributed by atoms with van der Waals surface area (Å²) < 4.78 is 0. The van der Waals surface area contributed by atoms with Crippen molar-refractivity contribution in [2.24, 2.45) is 17.8 Å². The van der Waals surface area contributed by atoms with Crippen LogP contribution < -0.4 is 0 Å². The Morgan fingerprint density at radius 1 is 1.33 bits per heavy atom. The van der Waals surface area contributed by atoms with Crippen molar-refractivity contribution < 1.29 is 0 Å². The molecule has 0 aromatic heterocycles. The molecule has 0 aromatic carbocycles. The van der Waals surface area contributed by atoms with Gasteiger partial charge in [-0.2, -0.15) is 0 Å². The summed E-state index contributed by atoms with van der Waals surface area (Å²) in [5.41, 5.74) is 0. The highest BCUT2D eigenvalue weighted by atomic mass is 14.4. The monoisotopic (exact) mass is 122 g/mol. The van der Waals surface area contributed by atoms with Crippen LogP contribution in [0.2, 0.25) is 0 Å². The fourth-order valence-corrected chi connectivity index (χ4v) is 2.38. The van der Waals surface area contributed by atoms with Crippen molar-refractivity contribution in [2.45, 2.75) is 26.2 Å². The first-order chi connectivity index (χ1) is 4.36. The first-order valence-corrected chi connectivity index (χ1v) is 4.03. The van der Waals surface area contributed by atoms with E-state index in [-0.39, 0.29) is 0 Å².